The highest BCUT2D eigenvalue weighted by molar-refractivity contribution is 5.69. The predicted molar refractivity (Wildman–Crippen MR) is 133 cm³/mol. The van der Waals surface area contributed by atoms with E-state index in [4.69, 9.17) is 4.74 Å². The first kappa shape index (κ1) is 23.1. The zero-order valence-electron chi connectivity index (χ0n) is 19.9. The molecule has 0 aromatic heterocycles. The number of ether oxygens (including phenoxy) is 1. The first-order valence-corrected chi connectivity index (χ1v) is 11.7. The summed E-state index contributed by atoms with van der Waals surface area (Å²) < 4.78 is 5.89. The van der Waals surface area contributed by atoms with E-state index in [2.05, 4.69) is 65.6 Å². The lowest BCUT2D eigenvalue weighted by molar-refractivity contribution is 0.0133. The van der Waals surface area contributed by atoms with Crippen LogP contribution in [0.15, 0.2) is 91.0 Å². The number of nitrogens with zero attached hydrogens (tertiary/aromatic N) is 2. The van der Waals surface area contributed by atoms with Crippen molar-refractivity contribution >= 4 is 6.09 Å². The van der Waals surface area contributed by atoms with Crippen molar-refractivity contribution in [3.63, 3.8) is 0 Å². The molecule has 0 radical (unpaired) electrons. The van der Waals surface area contributed by atoms with E-state index in [0.29, 0.717) is 6.54 Å². The quantitative estimate of drug-likeness (QED) is 0.463. The van der Waals surface area contributed by atoms with Crippen molar-refractivity contribution < 1.29 is 9.53 Å². The second-order valence-corrected chi connectivity index (χ2v) is 9.86. The molecule has 4 rings (SSSR count). The van der Waals surface area contributed by atoms with E-state index in [1.165, 1.54) is 11.1 Å². The van der Waals surface area contributed by atoms with Crippen LogP contribution >= 0.6 is 0 Å². The molecule has 0 spiro atoms. The summed E-state index contributed by atoms with van der Waals surface area (Å²) in [6.07, 6.45) is -0.251. The molecule has 0 bridgehead atoms. The molecule has 2 unspecified atom stereocenters. The zero-order chi connectivity index (χ0) is 23.3. The number of hydrogen-bond acceptors (Lipinski definition) is 3. The minimum atomic E-state index is -0.545. The Balaban J connectivity index is 1.65. The Hall–Kier alpha value is -3.11. The standard InChI is InChI=1S/C29H34N2O2/c1-29(2,3)33-28(32)31(20-24-15-9-5-10-16-24)27-22-30(19-23-13-7-4-8-14-23)21-26(27)25-17-11-6-12-18-25/h4-18,26-27H,19-22H2,1-3H3. The maximum absolute atomic E-state index is 13.5. The summed E-state index contributed by atoms with van der Waals surface area (Å²) in [7, 11) is 0. The average Bonchev–Trinajstić information content (AvgIpc) is 3.21. The Morgan fingerprint density at radius 2 is 1.39 bits per heavy atom. The molecule has 0 N–H and O–H groups in total. The molecular weight excluding hydrogens is 408 g/mol. The number of hydrogen-bond donors (Lipinski definition) is 0. The third-order valence-electron chi connectivity index (χ3n) is 6.07. The van der Waals surface area contributed by atoms with Gasteiger partial charge in [0.2, 0.25) is 0 Å². The molecule has 1 aliphatic heterocycles. The van der Waals surface area contributed by atoms with Gasteiger partial charge in [0.1, 0.15) is 5.60 Å². The van der Waals surface area contributed by atoms with Gasteiger partial charge in [-0.2, -0.15) is 0 Å². The SMILES string of the molecule is CC(C)(C)OC(=O)N(Cc1ccccc1)C1CN(Cc2ccccc2)CC1c1ccccc1. The van der Waals surface area contributed by atoms with Gasteiger partial charge in [0.15, 0.2) is 0 Å². The second-order valence-electron chi connectivity index (χ2n) is 9.86. The summed E-state index contributed by atoms with van der Waals surface area (Å²) in [5, 5.41) is 0. The molecule has 3 aromatic carbocycles. The van der Waals surface area contributed by atoms with Crippen molar-refractivity contribution in [3.8, 4) is 0 Å². The van der Waals surface area contributed by atoms with Gasteiger partial charge in [0, 0.05) is 32.1 Å². The Kier molecular flexibility index (Phi) is 7.14. The molecule has 0 saturated carbocycles. The molecule has 4 nitrogen and oxygen atoms in total. The molecule has 1 heterocycles. The van der Waals surface area contributed by atoms with E-state index in [-0.39, 0.29) is 18.1 Å². The minimum Gasteiger partial charge on any atom is -0.444 e. The molecule has 33 heavy (non-hydrogen) atoms. The Morgan fingerprint density at radius 1 is 0.848 bits per heavy atom. The third kappa shape index (κ3) is 6.23. The highest BCUT2D eigenvalue weighted by atomic mass is 16.6. The molecule has 3 aromatic rings. The molecule has 2 atom stereocenters. The molecule has 4 heteroatoms. The van der Waals surface area contributed by atoms with E-state index >= 15 is 0 Å². The largest absolute Gasteiger partial charge is 0.444 e. The summed E-state index contributed by atoms with van der Waals surface area (Å²) in [5.74, 6) is 0.214. The second kappa shape index (κ2) is 10.2. The van der Waals surface area contributed by atoms with Crippen molar-refractivity contribution in [1.82, 2.24) is 9.80 Å². The lowest BCUT2D eigenvalue weighted by Crippen LogP contribution is -2.46. The van der Waals surface area contributed by atoms with Crippen LogP contribution in [0.4, 0.5) is 4.79 Å². The highest BCUT2D eigenvalue weighted by Crippen LogP contribution is 2.34. The topological polar surface area (TPSA) is 32.8 Å². The monoisotopic (exact) mass is 442 g/mol. The van der Waals surface area contributed by atoms with Crippen LogP contribution in [-0.4, -0.2) is 40.6 Å². The van der Waals surface area contributed by atoms with Crippen molar-refractivity contribution in [2.24, 2.45) is 0 Å². The summed E-state index contributed by atoms with van der Waals surface area (Å²) >= 11 is 0. The summed E-state index contributed by atoms with van der Waals surface area (Å²) in [5.41, 5.74) is 3.12. The van der Waals surface area contributed by atoms with Crippen LogP contribution in [0.2, 0.25) is 0 Å². The van der Waals surface area contributed by atoms with Crippen LogP contribution in [0, 0.1) is 0 Å². The average molecular weight is 443 g/mol. The van der Waals surface area contributed by atoms with Crippen molar-refractivity contribution in [1.29, 1.82) is 0 Å². The lowest BCUT2D eigenvalue weighted by Gasteiger charge is -2.34. The first-order chi connectivity index (χ1) is 15.9. The van der Waals surface area contributed by atoms with Gasteiger partial charge < -0.3 is 4.74 Å². The highest BCUT2D eigenvalue weighted by Gasteiger charge is 2.40. The number of carbonyl (C=O) groups is 1. The predicted octanol–water partition coefficient (Wildman–Crippen LogP) is 6.09. The zero-order valence-corrected chi connectivity index (χ0v) is 19.9. The van der Waals surface area contributed by atoms with Crippen LogP contribution in [0.3, 0.4) is 0 Å². The van der Waals surface area contributed by atoms with E-state index in [0.717, 1.165) is 25.2 Å². The van der Waals surface area contributed by atoms with E-state index in [1.54, 1.807) is 0 Å². The number of rotatable bonds is 6. The molecule has 0 aliphatic carbocycles. The maximum atomic E-state index is 13.5. The number of amides is 1. The van der Waals surface area contributed by atoms with E-state index < -0.39 is 5.60 Å². The molecule has 172 valence electrons. The normalized spacial score (nSPS) is 18.8. The van der Waals surface area contributed by atoms with Gasteiger partial charge in [-0.25, -0.2) is 4.79 Å². The number of carbonyl (C=O) groups excluding carboxylic acids is 1. The van der Waals surface area contributed by atoms with Crippen molar-refractivity contribution in [3.05, 3.63) is 108 Å². The van der Waals surface area contributed by atoms with Crippen molar-refractivity contribution in [2.45, 2.75) is 51.4 Å². The molecular formula is C29H34N2O2. The van der Waals surface area contributed by atoms with Crippen LogP contribution in [0.25, 0.3) is 0 Å². The third-order valence-corrected chi connectivity index (χ3v) is 6.07. The van der Waals surface area contributed by atoms with Gasteiger partial charge in [0.25, 0.3) is 0 Å². The van der Waals surface area contributed by atoms with Crippen molar-refractivity contribution in [2.75, 3.05) is 13.1 Å². The van der Waals surface area contributed by atoms with Gasteiger partial charge in [-0.05, 0) is 37.5 Å². The fourth-order valence-corrected chi connectivity index (χ4v) is 4.60. The molecule has 1 amide bonds. The van der Waals surface area contributed by atoms with E-state index in [1.807, 2.05) is 56.0 Å². The van der Waals surface area contributed by atoms with Crippen LogP contribution < -0.4 is 0 Å². The van der Waals surface area contributed by atoms with Crippen LogP contribution in [0.5, 0.6) is 0 Å². The fraction of sp³-hybridized carbons (Fsp3) is 0.345. The van der Waals surface area contributed by atoms with Gasteiger partial charge in [0.05, 0.1) is 6.04 Å². The van der Waals surface area contributed by atoms with Crippen LogP contribution in [0.1, 0.15) is 43.4 Å². The van der Waals surface area contributed by atoms with Gasteiger partial charge in [-0.1, -0.05) is 91.0 Å². The number of likely N-dealkylation sites (tertiary alicyclic amines) is 1. The summed E-state index contributed by atoms with van der Waals surface area (Å²) in [6.45, 7) is 8.89. The Morgan fingerprint density at radius 3 is 1.97 bits per heavy atom. The lowest BCUT2D eigenvalue weighted by atomic mass is 9.93. The van der Waals surface area contributed by atoms with Gasteiger partial charge >= 0.3 is 6.09 Å². The molecule has 1 fully saturated rings. The summed E-state index contributed by atoms with van der Waals surface area (Å²) in [6, 6.07) is 31.3. The van der Waals surface area contributed by atoms with Crippen LogP contribution in [-0.2, 0) is 17.8 Å². The fourth-order valence-electron chi connectivity index (χ4n) is 4.60. The smallest absolute Gasteiger partial charge is 0.410 e. The molecule has 1 aliphatic rings. The van der Waals surface area contributed by atoms with Gasteiger partial charge in [-0.15, -0.1) is 0 Å². The van der Waals surface area contributed by atoms with Gasteiger partial charge in [-0.3, -0.25) is 9.80 Å². The Bertz CT molecular complexity index is 1020. The maximum Gasteiger partial charge on any atom is 0.410 e. The Labute approximate surface area is 197 Å². The number of benzene rings is 3. The van der Waals surface area contributed by atoms with E-state index in [9.17, 15) is 4.79 Å². The molecule has 1 saturated heterocycles. The first-order valence-electron chi connectivity index (χ1n) is 11.7. The minimum absolute atomic E-state index is 0.0196. The summed E-state index contributed by atoms with van der Waals surface area (Å²) in [4.78, 5) is 17.9.